The number of hydrogen-bond donors (Lipinski definition) is 4. The van der Waals surface area contributed by atoms with Crippen molar-refractivity contribution in [1.82, 2.24) is 9.97 Å². The van der Waals surface area contributed by atoms with Crippen molar-refractivity contribution in [3.8, 4) is 11.5 Å². The molecule has 0 saturated carbocycles. The third kappa shape index (κ3) is 2.73. The highest BCUT2D eigenvalue weighted by Crippen LogP contribution is 2.41. The number of benzene rings is 1. The Morgan fingerprint density at radius 1 is 1.19 bits per heavy atom. The van der Waals surface area contributed by atoms with Gasteiger partial charge in [0.15, 0.2) is 11.5 Å². The van der Waals surface area contributed by atoms with Gasteiger partial charge in [0.25, 0.3) is 5.56 Å². The lowest BCUT2D eigenvalue weighted by atomic mass is 9.82. The summed E-state index contributed by atoms with van der Waals surface area (Å²) in [7, 11) is 2.63. The van der Waals surface area contributed by atoms with Crippen molar-refractivity contribution in [2.24, 2.45) is 0 Å². The quantitative estimate of drug-likeness (QED) is 0.595. The molecule has 0 unspecified atom stereocenters. The lowest BCUT2D eigenvalue weighted by Gasteiger charge is -2.28. The van der Waals surface area contributed by atoms with Gasteiger partial charge < -0.3 is 19.9 Å². The van der Waals surface area contributed by atoms with Gasteiger partial charge in [0.05, 0.1) is 31.3 Å². The predicted octanol–water partition coefficient (Wildman–Crippen LogP) is 0.782. The zero-order valence-electron chi connectivity index (χ0n) is 14.3. The molecule has 2 aromatic rings. The van der Waals surface area contributed by atoms with Gasteiger partial charge in [-0.1, -0.05) is 6.07 Å². The number of methoxy groups -OCH3 is 2. The number of ether oxygens (including phenoxy) is 2. The fourth-order valence-corrected chi connectivity index (χ4v) is 3.07. The standard InChI is InChI=1S/C17H17N3O6/c1-7-11(16(23)26-3)12(8-4-5-9(21)10(6-8)25-2)13-14(18-7)19-17(24)20-15(13)22/h4-6,12,21H,1-3H3,(H3,18,19,20,22,24)/t12-/m1/s1. The number of aromatic hydroxyl groups is 1. The average Bonchev–Trinajstić information content (AvgIpc) is 2.60. The van der Waals surface area contributed by atoms with Gasteiger partial charge in [0.1, 0.15) is 5.82 Å². The van der Waals surface area contributed by atoms with E-state index < -0.39 is 23.1 Å². The van der Waals surface area contributed by atoms with Gasteiger partial charge in [0.2, 0.25) is 0 Å². The van der Waals surface area contributed by atoms with E-state index in [1.165, 1.54) is 26.4 Å². The van der Waals surface area contributed by atoms with Crippen molar-refractivity contribution in [3.05, 3.63) is 61.4 Å². The molecule has 0 bridgehead atoms. The van der Waals surface area contributed by atoms with Crippen LogP contribution in [-0.4, -0.2) is 35.3 Å². The largest absolute Gasteiger partial charge is 0.504 e. The molecular formula is C17H17N3O6. The van der Waals surface area contributed by atoms with Crippen LogP contribution in [0.25, 0.3) is 0 Å². The minimum atomic E-state index is -0.825. The summed E-state index contributed by atoms with van der Waals surface area (Å²) < 4.78 is 9.99. The van der Waals surface area contributed by atoms with Gasteiger partial charge in [-0.15, -0.1) is 0 Å². The molecule has 0 saturated heterocycles. The van der Waals surface area contributed by atoms with Crippen LogP contribution in [-0.2, 0) is 9.53 Å². The Kier molecular flexibility index (Phi) is 4.29. The molecule has 0 radical (unpaired) electrons. The summed E-state index contributed by atoms with van der Waals surface area (Å²) >= 11 is 0. The van der Waals surface area contributed by atoms with E-state index in [0.29, 0.717) is 11.3 Å². The number of esters is 1. The average molecular weight is 359 g/mol. The maximum Gasteiger partial charge on any atom is 0.336 e. The Labute approximate surface area is 147 Å². The van der Waals surface area contributed by atoms with Crippen molar-refractivity contribution >= 4 is 11.8 Å². The fourth-order valence-electron chi connectivity index (χ4n) is 3.07. The molecule has 1 atom stereocenters. The molecule has 9 nitrogen and oxygen atoms in total. The first-order valence-corrected chi connectivity index (χ1v) is 7.66. The van der Waals surface area contributed by atoms with E-state index in [-0.39, 0.29) is 28.5 Å². The SMILES string of the molecule is COC(=O)C1=C(C)Nc2[nH]c(=O)[nH]c(=O)c2[C@@H]1c1ccc(O)c(OC)c1. The van der Waals surface area contributed by atoms with Crippen LogP contribution >= 0.6 is 0 Å². The number of carbonyl (C=O) groups is 1. The summed E-state index contributed by atoms with van der Waals surface area (Å²) in [4.78, 5) is 41.2. The highest BCUT2D eigenvalue weighted by Gasteiger charge is 2.36. The molecule has 0 amide bonds. The number of anilines is 1. The molecule has 4 N–H and O–H groups in total. The van der Waals surface area contributed by atoms with Gasteiger partial charge in [0, 0.05) is 5.70 Å². The first-order valence-electron chi connectivity index (χ1n) is 7.66. The maximum absolute atomic E-state index is 12.5. The fraction of sp³-hybridized carbons (Fsp3) is 0.235. The zero-order chi connectivity index (χ0) is 19.0. The number of phenolic OH excluding ortho intramolecular Hbond substituents is 1. The molecule has 26 heavy (non-hydrogen) atoms. The van der Waals surface area contributed by atoms with E-state index in [1.807, 2.05) is 0 Å². The lowest BCUT2D eigenvalue weighted by molar-refractivity contribution is -0.136. The number of nitrogens with one attached hydrogen (secondary N) is 3. The molecule has 0 aliphatic carbocycles. The lowest BCUT2D eigenvalue weighted by Crippen LogP contribution is -2.34. The summed E-state index contributed by atoms with van der Waals surface area (Å²) in [6, 6.07) is 4.49. The van der Waals surface area contributed by atoms with Gasteiger partial charge in [-0.3, -0.25) is 14.8 Å². The number of rotatable bonds is 3. The second-order valence-electron chi connectivity index (χ2n) is 5.72. The van der Waals surface area contributed by atoms with E-state index in [2.05, 4.69) is 15.3 Å². The summed E-state index contributed by atoms with van der Waals surface area (Å²) in [5.41, 5.74) is 0.00998. The zero-order valence-corrected chi connectivity index (χ0v) is 14.3. The molecule has 1 aliphatic rings. The van der Waals surface area contributed by atoms with Crippen molar-refractivity contribution < 1.29 is 19.4 Å². The first-order chi connectivity index (χ1) is 12.4. The van der Waals surface area contributed by atoms with Crippen LogP contribution in [0.15, 0.2) is 39.1 Å². The molecule has 9 heteroatoms. The number of aromatic nitrogens is 2. The molecule has 136 valence electrons. The van der Waals surface area contributed by atoms with Gasteiger partial charge in [-0.05, 0) is 24.6 Å². The van der Waals surface area contributed by atoms with Crippen molar-refractivity contribution in [3.63, 3.8) is 0 Å². The topological polar surface area (TPSA) is 134 Å². The van der Waals surface area contributed by atoms with Crippen molar-refractivity contribution in [2.45, 2.75) is 12.8 Å². The molecule has 1 aliphatic heterocycles. The Hall–Kier alpha value is -3.49. The maximum atomic E-state index is 12.5. The third-order valence-electron chi connectivity index (χ3n) is 4.22. The predicted molar refractivity (Wildman–Crippen MR) is 92.5 cm³/mol. The smallest absolute Gasteiger partial charge is 0.336 e. The third-order valence-corrected chi connectivity index (χ3v) is 4.22. The van der Waals surface area contributed by atoms with Crippen LogP contribution in [0, 0.1) is 0 Å². The number of allylic oxidation sites excluding steroid dienone is 1. The Bertz CT molecular complexity index is 1030. The minimum Gasteiger partial charge on any atom is -0.504 e. The van der Waals surface area contributed by atoms with Gasteiger partial charge in [-0.2, -0.15) is 0 Å². The number of carbonyl (C=O) groups excluding carboxylic acids is 1. The van der Waals surface area contributed by atoms with E-state index in [0.717, 1.165) is 0 Å². The van der Waals surface area contributed by atoms with E-state index in [1.54, 1.807) is 13.0 Å². The Morgan fingerprint density at radius 3 is 2.58 bits per heavy atom. The molecule has 3 rings (SSSR count). The Morgan fingerprint density at radius 2 is 1.92 bits per heavy atom. The van der Waals surface area contributed by atoms with Crippen LogP contribution in [0.1, 0.15) is 24.0 Å². The van der Waals surface area contributed by atoms with Crippen molar-refractivity contribution in [2.75, 3.05) is 19.5 Å². The normalized spacial score (nSPS) is 15.9. The highest BCUT2D eigenvalue weighted by molar-refractivity contribution is 5.94. The second-order valence-corrected chi connectivity index (χ2v) is 5.72. The van der Waals surface area contributed by atoms with Crippen molar-refractivity contribution in [1.29, 1.82) is 0 Å². The first kappa shape index (κ1) is 17.3. The van der Waals surface area contributed by atoms with Crippen LogP contribution in [0.4, 0.5) is 5.82 Å². The molecule has 0 spiro atoms. The molecular weight excluding hydrogens is 342 g/mol. The molecule has 0 fully saturated rings. The van der Waals surface area contributed by atoms with E-state index in [9.17, 15) is 19.5 Å². The number of phenols is 1. The van der Waals surface area contributed by atoms with E-state index >= 15 is 0 Å². The summed E-state index contributed by atoms with van der Waals surface area (Å²) in [6.07, 6.45) is 0. The van der Waals surface area contributed by atoms with Crippen LogP contribution in [0.3, 0.4) is 0 Å². The molecule has 1 aromatic heterocycles. The minimum absolute atomic E-state index is 0.0823. The monoisotopic (exact) mass is 359 g/mol. The van der Waals surface area contributed by atoms with Gasteiger partial charge >= 0.3 is 11.7 Å². The summed E-state index contributed by atoms with van der Waals surface area (Å²) in [6.45, 7) is 1.64. The van der Waals surface area contributed by atoms with Gasteiger partial charge in [-0.25, -0.2) is 9.59 Å². The molecule has 2 heterocycles. The van der Waals surface area contributed by atoms with Crippen LogP contribution < -0.4 is 21.3 Å². The number of aromatic amines is 2. The number of H-pyrrole nitrogens is 2. The number of hydrogen-bond acceptors (Lipinski definition) is 7. The van der Waals surface area contributed by atoms with Crippen LogP contribution in [0.5, 0.6) is 11.5 Å². The summed E-state index contributed by atoms with van der Waals surface area (Å²) in [5.74, 6) is -1.15. The number of fused-ring (bicyclic) bond motifs is 1. The summed E-state index contributed by atoms with van der Waals surface area (Å²) in [5, 5.41) is 12.7. The Balaban J connectivity index is 2.33. The molecule has 1 aromatic carbocycles. The van der Waals surface area contributed by atoms with E-state index in [4.69, 9.17) is 9.47 Å². The second kappa shape index (κ2) is 6.43. The highest BCUT2D eigenvalue weighted by atomic mass is 16.5. The van der Waals surface area contributed by atoms with Crippen LogP contribution in [0.2, 0.25) is 0 Å².